The molecule has 4 rings (SSSR count). The smallest absolute Gasteiger partial charge is 0.132 e. The molecule has 0 aliphatic carbocycles. The van der Waals surface area contributed by atoms with E-state index in [9.17, 15) is 0 Å². The Bertz CT molecular complexity index is 1340. The molecule has 0 unspecified atom stereocenters. The number of aromatic nitrogens is 2. The van der Waals surface area contributed by atoms with E-state index in [4.69, 9.17) is 9.97 Å². The molecule has 0 N–H and O–H groups in total. The van der Waals surface area contributed by atoms with Crippen LogP contribution in [0.2, 0.25) is 0 Å². The average Bonchev–Trinajstić information content (AvgIpc) is 2.70. The molecule has 33 heavy (non-hydrogen) atoms. The van der Waals surface area contributed by atoms with Gasteiger partial charge in [0.2, 0.25) is 0 Å². The van der Waals surface area contributed by atoms with Crippen molar-refractivity contribution in [2.24, 2.45) is 5.92 Å². The van der Waals surface area contributed by atoms with Gasteiger partial charge in [0.25, 0.3) is 0 Å². The van der Waals surface area contributed by atoms with Crippen molar-refractivity contribution in [2.75, 3.05) is 0 Å². The number of aryl methyl sites for hydroxylation is 2. The van der Waals surface area contributed by atoms with Gasteiger partial charge in [-0.1, -0.05) is 78.3 Å². The zero-order valence-electron chi connectivity index (χ0n) is 21.8. The summed E-state index contributed by atoms with van der Waals surface area (Å²) in [7, 11) is 0. The first-order valence-electron chi connectivity index (χ1n) is 12.3. The lowest BCUT2D eigenvalue weighted by atomic mass is 9.84. The molecule has 0 atom stereocenters. The average molecular weight is 439 g/mol. The van der Waals surface area contributed by atoms with Crippen molar-refractivity contribution in [1.29, 1.82) is 0 Å². The largest absolute Gasteiger partial charge is 0.232 e. The third kappa shape index (κ3) is 4.67. The molecule has 172 valence electrons. The van der Waals surface area contributed by atoms with Crippen molar-refractivity contribution in [1.82, 2.24) is 9.97 Å². The van der Waals surface area contributed by atoms with Crippen LogP contribution in [0.4, 0.5) is 0 Å². The lowest BCUT2D eigenvalue weighted by Gasteiger charge is -2.21. The van der Waals surface area contributed by atoms with Gasteiger partial charge in [0, 0.05) is 22.3 Å². The number of nitrogens with zero attached hydrogens (tertiary/aromatic N) is 2. The van der Waals surface area contributed by atoms with E-state index in [2.05, 4.69) is 105 Å². The van der Waals surface area contributed by atoms with Gasteiger partial charge in [-0.05, 0) is 71.9 Å². The molecule has 0 saturated carbocycles. The molecule has 2 heteroatoms. The number of hydrogen-bond acceptors (Lipinski definition) is 2. The fourth-order valence-corrected chi connectivity index (χ4v) is 4.78. The standard InChI is InChI=1S/C31H38N2/c1-18(2)12-22-15-21(6)27-23(16-22)10-11-26-28(32-30(19(3)4)33-29(26)27)24-13-20(5)14-25(17-24)31(7,8)9/h10-11,13-19H,12H2,1-9H3. The van der Waals surface area contributed by atoms with E-state index in [0.29, 0.717) is 5.92 Å². The van der Waals surface area contributed by atoms with Gasteiger partial charge in [0.15, 0.2) is 0 Å². The van der Waals surface area contributed by atoms with Crippen LogP contribution in [0.25, 0.3) is 32.9 Å². The highest BCUT2D eigenvalue weighted by atomic mass is 14.9. The van der Waals surface area contributed by atoms with Crippen LogP contribution < -0.4 is 0 Å². The maximum Gasteiger partial charge on any atom is 0.132 e. The second kappa shape index (κ2) is 8.56. The quantitative estimate of drug-likeness (QED) is 0.298. The van der Waals surface area contributed by atoms with E-state index in [-0.39, 0.29) is 11.3 Å². The number of benzene rings is 3. The molecule has 0 aliphatic rings. The molecule has 0 spiro atoms. The number of rotatable bonds is 4. The van der Waals surface area contributed by atoms with E-state index < -0.39 is 0 Å². The van der Waals surface area contributed by atoms with Gasteiger partial charge in [-0.2, -0.15) is 0 Å². The molecular weight excluding hydrogens is 400 g/mol. The second-order valence-corrected chi connectivity index (χ2v) is 11.5. The summed E-state index contributed by atoms with van der Waals surface area (Å²) in [5.41, 5.74) is 8.70. The highest BCUT2D eigenvalue weighted by Crippen LogP contribution is 2.36. The van der Waals surface area contributed by atoms with Gasteiger partial charge in [-0.3, -0.25) is 0 Å². The van der Waals surface area contributed by atoms with Crippen LogP contribution >= 0.6 is 0 Å². The van der Waals surface area contributed by atoms with E-state index in [1.165, 1.54) is 38.6 Å². The molecule has 0 bridgehead atoms. The van der Waals surface area contributed by atoms with Crippen molar-refractivity contribution in [3.8, 4) is 11.3 Å². The molecule has 0 amide bonds. The highest BCUT2D eigenvalue weighted by Gasteiger charge is 2.19. The molecule has 0 saturated heterocycles. The first-order chi connectivity index (χ1) is 15.4. The summed E-state index contributed by atoms with van der Waals surface area (Å²) >= 11 is 0. The zero-order valence-corrected chi connectivity index (χ0v) is 21.8. The number of fused-ring (bicyclic) bond motifs is 3. The normalized spacial score (nSPS) is 12.5. The van der Waals surface area contributed by atoms with E-state index >= 15 is 0 Å². The molecule has 1 aromatic heterocycles. The van der Waals surface area contributed by atoms with Crippen LogP contribution in [0.15, 0.2) is 42.5 Å². The fraction of sp³-hybridized carbons (Fsp3) is 0.419. The molecule has 0 radical (unpaired) electrons. The summed E-state index contributed by atoms with van der Waals surface area (Å²) in [5, 5.41) is 3.67. The van der Waals surface area contributed by atoms with E-state index in [1.807, 2.05) is 0 Å². The van der Waals surface area contributed by atoms with Crippen LogP contribution in [-0.4, -0.2) is 9.97 Å². The van der Waals surface area contributed by atoms with Gasteiger partial charge < -0.3 is 0 Å². The first-order valence-corrected chi connectivity index (χ1v) is 12.3. The Morgan fingerprint density at radius 2 is 1.58 bits per heavy atom. The van der Waals surface area contributed by atoms with Gasteiger partial charge >= 0.3 is 0 Å². The monoisotopic (exact) mass is 438 g/mol. The minimum Gasteiger partial charge on any atom is -0.232 e. The maximum absolute atomic E-state index is 5.12. The van der Waals surface area contributed by atoms with Crippen molar-refractivity contribution in [2.45, 2.75) is 80.1 Å². The predicted molar refractivity (Wildman–Crippen MR) is 143 cm³/mol. The summed E-state index contributed by atoms with van der Waals surface area (Å²) in [4.78, 5) is 10.2. The molecule has 0 fully saturated rings. The lowest BCUT2D eigenvalue weighted by molar-refractivity contribution is 0.590. The van der Waals surface area contributed by atoms with Gasteiger partial charge in [0.1, 0.15) is 5.82 Å². The lowest BCUT2D eigenvalue weighted by Crippen LogP contribution is -2.11. The topological polar surface area (TPSA) is 25.8 Å². The van der Waals surface area contributed by atoms with Crippen molar-refractivity contribution in [3.63, 3.8) is 0 Å². The third-order valence-electron chi connectivity index (χ3n) is 6.43. The Hall–Kier alpha value is -2.74. The van der Waals surface area contributed by atoms with Gasteiger partial charge in [-0.15, -0.1) is 0 Å². The second-order valence-electron chi connectivity index (χ2n) is 11.5. The van der Waals surface area contributed by atoms with Crippen molar-refractivity contribution < 1.29 is 0 Å². The summed E-state index contributed by atoms with van der Waals surface area (Å²) in [6.07, 6.45) is 1.10. The van der Waals surface area contributed by atoms with Crippen LogP contribution in [0, 0.1) is 19.8 Å². The summed E-state index contributed by atoms with van der Waals surface area (Å²) in [5.74, 6) is 1.81. The van der Waals surface area contributed by atoms with Crippen LogP contribution in [0.1, 0.15) is 82.5 Å². The first kappa shape index (κ1) is 23.4. The Labute approximate surface area is 199 Å². The number of hydrogen-bond donors (Lipinski definition) is 0. The van der Waals surface area contributed by atoms with Crippen molar-refractivity contribution in [3.05, 3.63) is 70.5 Å². The van der Waals surface area contributed by atoms with Crippen LogP contribution in [0.5, 0.6) is 0 Å². The molecule has 0 aliphatic heterocycles. The van der Waals surface area contributed by atoms with Crippen molar-refractivity contribution >= 4 is 21.7 Å². The van der Waals surface area contributed by atoms with E-state index in [0.717, 1.165) is 28.8 Å². The van der Waals surface area contributed by atoms with E-state index in [1.54, 1.807) is 0 Å². The molecule has 3 aromatic carbocycles. The minimum atomic E-state index is 0.0839. The molecular formula is C31H38N2. The van der Waals surface area contributed by atoms with Gasteiger partial charge in [0.05, 0.1) is 11.2 Å². The summed E-state index contributed by atoms with van der Waals surface area (Å²) < 4.78 is 0. The Morgan fingerprint density at radius 1 is 0.848 bits per heavy atom. The third-order valence-corrected chi connectivity index (χ3v) is 6.43. The van der Waals surface area contributed by atoms with Crippen LogP contribution in [-0.2, 0) is 11.8 Å². The Kier molecular flexibility index (Phi) is 6.07. The predicted octanol–water partition coefficient (Wildman–Crippen LogP) is 8.69. The SMILES string of the molecule is Cc1cc(-c2nc(C(C)C)nc3c2ccc2cc(CC(C)C)cc(C)c23)cc(C(C)(C)C)c1. The fourth-order valence-electron chi connectivity index (χ4n) is 4.78. The highest BCUT2D eigenvalue weighted by molar-refractivity contribution is 6.10. The molecule has 2 nitrogen and oxygen atoms in total. The minimum absolute atomic E-state index is 0.0839. The Morgan fingerprint density at radius 3 is 2.21 bits per heavy atom. The summed E-state index contributed by atoms with van der Waals surface area (Å²) in [6.45, 7) is 20.2. The molecule has 4 aromatic rings. The summed E-state index contributed by atoms with van der Waals surface area (Å²) in [6, 6.07) is 16.1. The van der Waals surface area contributed by atoms with Gasteiger partial charge in [-0.25, -0.2) is 9.97 Å². The zero-order chi connectivity index (χ0) is 24.1. The Balaban J connectivity index is 2.06. The molecule has 1 heterocycles. The van der Waals surface area contributed by atoms with Crippen LogP contribution in [0.3, 0.4) is 0 Å². The maximum atomic E-state index is 5.12.